The van der Waals surface area contributed by atoms with Crippen LogP contribution < -0.4 is 20.9 Å². The van der Waals surface area contributed by atoms with Gasteiger partial charge < -0.3 is 25.6 Å². The second kappa shape index (κ2) is 9.79. The monoisotopic (exact) mass is 442 g/mol. The van der Waals surface area contributed by atoms with Crippen molar-refractivity contribution in [2.45, 2.75) is 58.0 Å². The Morgan fingerprint density at radius 2 is 1.94 bits per heavy atom. The zero-order valence-electron chi connectivity index (χ0n) is 19.9. The van der Waals surface area contributed by atoms with Gasteiger partial charge in [0.15, 0.2) is 0 Å². The summed E-state index contributed by atoms with van der Waals surface area (Å²) in [6.45, 7) is 10.0. The van der Waals surface area contributed by atoms with Crippen LogP contribution in [0.15, 0.2) is 12.1 Å². The van der Waals surface area contributed by atoms with Gasteiger partial charge in [-0.2, -0.15) is 0 Å². The summed E-state index contributed by atoms with van der Waals surface area (Å²) in [4.78, 5) is 28.1. The highest BCUT2D eigenvalue weighted by Gasteiger charge is 2.33. The Kier molecular flexibility index (Phi) is 7.05. The fourth-order valence-electron chi connectivity index (χ4n) is 5.33. The standard InChI is InChI=1S/C25H38N4O3/c1-15-9-16(2)28-25(31)22(15)14-27-24(30)21-10-18(19-12-26-13-19)11-23(17(21)3)29(4)20-5-7-32-8-6-20/h10-11,15-16,19-20,22,26H,5-9,12-14H2,1-4H3,(H,27,30)(H,28,31). The molecule has 3 unspecified atom stereocenters. The Morgan fingerprint density at radius 1 is 1.22 bits per heavy atom. The Labute approximate surface area is 191 Å². The van der Waals surface area contributed by atoms with Gasteiger partial charge in [0, 0.05) is 69.1 Å². The largest absolute Gasteiger partial charge is 0.381 e. The summed E-state index contributed by atoms with van der Waals surface area (Å²) in [6.07, 6.45) is 2.94. The minimum Gasteiger partial charge on any atom is -0.381 e. The van der Waals surface area contributed by atoms with E-state index in [0.717, 1.165) is 62.4 Å². The van der Waals surface area contributed by atoms with E-state index in [9.17, 15) is 9.59 Å². The van der Waals surface area contributed by atoms with Crippen molar-refractivity contribution < 1.29 is 14.3 Å². The van der Waals surface area contributed by atoms with E-state index in [-0.39, 0.29) is 29.7 Å². The van der Waals surface area contributed by atoms with Gasteiger partial charge in [0.1, 0.15) is 0 Å². The average molecular weight is 443 g/mol. The molecule has 7 heteroatoms. The second-order valence-corrected chi connectivity index (χ2v) is 9.96. The first-order valence-electron chi connectivity index (χ1n) is 12.1. The van der Waals surface area contributed by atoms with Gasteiger partial charge in [-0.25, -0.2) is 0 Å². The third-order valence-electron chi connectivity index (χ3n) is 7.64. The molecule has 176 valence electrons. The van der Waals surface area contributed by atoms with Crippen molar-refractivity contribution in [2.75, 3.05) is 44.8 Å². The predicted molar refractivity (Wildman–Crippen MR) is 126 cm³/mol. The molecule has 32 heavy (non-hydrogen) atoms. The number of nitrogens with zero attached hydrogens (tertiary/aromatic N) is 1. The number of benzene rings is 1. The maximum atomic E-state index is 13.3. The van der Waals surface area contributed by atoms with E-state index in [1.54, 1.807) is 0 Å². The fourth-order valence-corrected chi connectivity index (χ4v) is 5.33. The highest BCUT2D eigenvalue weighted by Crippen LogP contribution is 2.33. The lowest BCUT2D eigenvalue weighted by molar-refractivity contribution is -0.129. The summed E-state index contributed by atoms with van der Waals surface area (Å²) in [5.74, 6) is 0.468. The third-order valence-corrected chi connectivity index (χ3v) is 7.64. The van der Waals surface area contributed by atoms with Crippen LogP contribution in [0.2, 0.25) is 0 Å². The minimum atomic E-state index is -0.182. The van der Waals surface area contributed by atoms with Gasteiger partial charge in [0.2, 0.25) is 5.91 Å². The van der Waals surface area contributed by atoms with Gasteiger partial charge in [0.25, 0.3) is 5.91 Å². The quantitative estimate of drug-likeness (QED) is 0.629. The number of amides is 2. The molecule has 3 atom stereocenters. The summed E-state index contributed by atoms with van der Waals surface area (Å²) in [6, 6.07) is 4.94. The van der Waals surface area contributed by atoms with E-state index in [0.29, 0.717) is 18.5 Å². The van der Waals surface area contributed by atoms with E-state index in [2.05, 4.69) is 47.0 Å². The van der Waals surface area contributed by atoms with Crippen LogP contribution in [0.4, 0.5) is 5.69 Å². The topological polar surface area (TPSA) is 82.7 Å². The number of hydrogen-bond acceptors (Lipinski definition) is 5. The van der Waals surface area contributed by atoms with Gasteiger partial charge in [-0.05, 0) is 62.3 Å². The number of nitrogens with one attached hydrogen (secondary N) is 3. The first kappa shape index (κ1) is 23.1. The molecule has 1 aromatic carbocycles. The summed E-state index contributed by atoms with van der Waals surface area (Å²) in [5, 5.41) is 9.44. The lowest BCUT2D eigenvalue weighted by atomic mass is 9.84. The van der Waals surface area contributed by atoms with Crippen molar-refractivity contribution in [3.63, 3.8) is 0 Å². The van der Waals surface area contributed by atoms with E-state index in [4.69, 9.17) is 4.74 Å². The fraction of sp³-hybridized carbons (Fsp3) is 0.680. The molecule has 3 aliphatic rings. The number of anilines is 1. The number of piperidine rings is 1. The molecule has 0 aromatic heterocycles. The maximum absolute atomic E-state index is 13.3. The van der Waals surface area contributed by atoms with Crippen molar-refractivity contribution in [1.29, 1.82) is 0 Å². The number of hydrogen-bond donors (Lipinski definition) is 3. The molecule has 3 heterocycles. The van der Waals surface area contributed by atoms with Gasteiger partial charge in [-0.15, -0.1) is 0 Å². The zero-order chi connectivity index (χ0) is 22.8. The highest BCUT2D eigenvalue weighted by atomic mass is 16.5. The molecule has 3 saturated heterocycles. The van der Waals surface area contributed by atoms with Crippen molar-refractivity contribution in [3.8, 4) is 0 Å². The Morgan fingerprint density at radius 3 is 2.56 bits per heavy atom. The van der Waals surface area contributed by atoms with Crippen LogP contribution in [0, 0.1) is 18.8 Å². The first-order chi connectivity index (χ1) is 15.3. The summed E-state index contributed by atoms with van der Waals surface area (Å²) < 4.78 is 5.55. The number of rotatable bonds is 6. The molecule has 3 N–H and O–H groups in total. The van der Waals surface area contributed by atoms with Crippen molar-refractivity contribution in [2.24, 2.45) is 11.8 Å². The van der Waals surface area contributed by atoms with Gasteiger partial charge >= 0.3 is 0 Å². The molecule has 0 aliphatic carbocycles. The first-order valence-corrected chi connectivity index (χ1v) is 12.1. The Hall–Kier alpha value is -2.12. The minimum absolute atomic E-state index is 0.0440. The van der Waals surface area contributed by atoms with Crippen LogP contribution in [0.3, 0.4) is 0 Å². The number of carbonyl (C=O) groups is 2. The normalized spacial score (nSPS) is 26.9. The molecule has 0 saturated carbocycles. The summed E-state index contributed by atoms with van der Waals surface area (Å²) >= 11 is 0. The predicted octanol–water partition coefficient (Wildman–Crippen LogP) is 2.19. The van der Waals surface area contributed by atoms with E-state index >= 15 is 0 Å². The lowest BCUT2D eigenvalue weighted by Gasteiger charge is -2.36. The van der Waals surface area contributed by atoms with Crippen LogP contribution in [-0.2, 0) is 9.53 Å². The molecule has 1 aromatic rings. The van der Waals surface area contributed by atoms with E-state index in [1.807, 2.05) is 13.8 Å². The van der Waals surface area contributed by atoms with Crippen LogP contribution in [0.25, 0.3) is 0 Å². The lowest BCUT2D eigenvalue weighted by Crippen LogP contribution is -2.50. The maximum Gasteiger partial charge on any atom is 0.251 e. The molecule has 0 radical (unpaired) electrons. The molecular weight excluding hydrogens is 404 g/mol. The SMILES string of the molecule is Cc1c(C(=O)NCC2C(=O)NC(C)CC2C)cc(C2CNC2)cc1N(C)C1CCOCC1. The molecule has 7 nitrogen and oxygen atoms in total. The van der Waals surface area contributed by atoms with Gasteiger partial charge in [-0.3, -0.25) is 9.59 Å². The van der Waals surface area contributed by atoms with Gasteiger partial charge in [-0.1, -0.05) is 6.92 Å². The van der Waals surface area contributed by atoms with Crippen LogP contribution in [0.1, 0.15) is 60.5 Å². The second-order valence-electron chi connectivity index (χ2n) is 9.96. The van der Waals surface area contributed by atoms with Crippen molar-refractivity contribution in [1.82, 2.24) is 16.0 Å². The molecule has 2 amide bonds. The molecule has 0 spiro atoms. The van der Waals surface area contributed by atoms with E-state index < -0.39 is 0 Å². The third kappa shape index (κ3) is 4.79. The molecule has 0 bridgehead atoms. The summed E-state index contributed by atoms with van der Waals surface area (Å²) in [5.41, 5.74) is 4.07. The van der Waals surface area contributed by atoms with Gasteiger partial charge in [0.05, 0.1) is 5.92 Å². The Bertz CT molecular complexity index is 848. The molecule has 3 fully saturated rings. The highest BCUT2D eigenvalue weighted by molar-refractivity contribution is 5.97. The van der Waals surface area contributed by atoms with E-state index in [1.165, 1.54) is 5.56 Å². The molecule has 3 aliphatic heterocycles. The van der Waals surface area contributed by atoms with Crippen molar-refractivity contribution in [3.05, 3.63) is 28.8 Å². The molecule has 4 rings (SSSR count). The van der Waals surface area contributed by atoms with Crippen LogP contribution in [0.5, 0.6) is 0 Å². The van der Waals surface area contributed by atoms with Crippen LogP contribution in [-0.4, -0.2) is 63.8 Å². The smallest absolute Gasteiger partial charge is 0.251 e. The van der Waals surface area contributed by atoms with Crippen LogP contribution >= 0.6 is 0 Å². The zero-order valence-corrected chi connectivity index (χ0v) is 19.9. The van der Waals surface area contributed by atoms with Crippen molar-refractivity contribution >= 4 is 17.5 Å². The number of ether oxygens (including phenoxy) is 1. The molecular formula is C25H38N4O3. The average Bonchev–Trinajstić information content (AvgIpc) is 2.72. The summed E-state index contributed by atoms with van der Waals surface area (Å²) in [7, 11) is 2.14. The Balaban J connectivity index is 1.55. The number of carbonyl (C=O) groups excluding carboxylic acids is 2.